The molecule has 0 aliphatic carbocycles. The van der Waals surface area contributed by atoms with Gasteiger partial charge < -0.3 is 10.2 Å². The van der Waals surface area contributed by atoms with Gasteiger partial charge in [-0.1, -0.05) is 18.2 Å². The second-order valence-electron chi connectivity index (χ2n) is 4.54. The maximum Gasteiger partial charge on any atom is 0.229 e. The largest absolute Gasteiger partial charge is 0.375 e. The predicted molar refractivity (Wildman–Crippen MR) is 72.9 cm³/mol. The molecule has 0 radical (unpaired) electrons. The van der Waals surface area contributed by atoms with Gasteiger partial charge in [0.15, 0.2) is 0 Å². The Morgan fingerprint density at radius 3 is 2.79 bits per heavy atom. The van der Waals surface area contributed by atoms with Crippen LogP contribution in [0.5, 0.6) is 0 Å². The smallest absolute Gasteiger partial charge is 0.229 e. The van der Waals surface area contributed by atoms with Gasteiger partial charge in [0, 0.05) is 12.7 Å². The zero-order valence-corrected chi connectivity index (χ0v) is 10.6. The number of hydrogen-bond donors (Lipinski definition) is 1. The molecule has 1 amide bonds. The van der Waals surface area contributed by atoms with E-state index in [4.69, 9.17) is 0 Å². The van der Waals surface area contributed by atoms with Crippen LogP contribution in [0.25, 0.3) is 0 Å². The van der Waals surface area contributed by atoms with Crippen molar-refractivity contribution in [3.05, 3.63) is 48.5 Å². The van der Waals surface area contributed by atoms with Gasteiger partial charge >= 0.3 is 0 Å². The van der Waals surface area contributed by atoms with Crippen LogP contribution in [0.4, 0.5) is 11.4 Å². The van der Waals surface area contributed by atoms with Crippen molar-refractivity contribution in [3.63, 3.8) is 0 Å². The Morgan fingerprint density at radius 2 is 2.00 bits per heavy atom. The molecule has 5 nitrogen and oxygen atoms in total. The van der Waals surface area contributed by atoms with Crippen LogP contribution in [0.3, 0.4) is 0 Å². The fourth-order valence-corrected chi connectivity index (χ4v) is 2.35. The first-order chi connectivity index (χ1) is 9.25. The van der Waals surface area contributed by atoms with Crippen LogP contribution in [0.1, 0.15) is 18.0 Å². The molecule has 96 valence electrons. The third-order valence-electron chi connectivity index (χ3n) is 3.33. The zero-order valence-electron chi connectivity index (χ0n) is 10.6. The van der Waals surface area contributed by atoms with Crippen molar-refractivity contribution in [1.29, 1.82) is 0 Å². The molecule has 0 spiro atoms. The minimum absolute atomic E-state index is 0.0362. The third-order valence-corrected chi connectivity index (χ3v) is 3.33. The van der Waals surface area contributed by atoms with E-state index in [1.54, 1.807) is 17.3 Å². The van der Waals surface area contributed by atoms with Crippen LogP contribution < -0.4 is 10.2 Å². The van der Waals surface area contributed by atoms with Gasteiger partial charge in [0.25, 0.3) is 0 Å². The van der Waals surface area contributed by atoms with E-state index in [1.807, 2.05) is 31.3 Å². The fraction of sp³-hybridized carbons (Fsp3) is 0.214. The van der Waals surface area contributed by atoms with Crippen molar-refractivity contribution >= 4 is 17.3 Å². The molecule has 1 aliphatic rings. The van der Waals surface area contributed by atoms with E-state index in [0.29, 0.717) is 6.42 Å². The van der Waals surface area contributed by atoms with Crippen molar-refractivity contribution in [1.82, 2.24) is 9.97 Å². The van der Waals surface area contributed by atoms with Gasteiger partial charge in [-0.05, 0) is 11.6 Å². The second kappa shape index (κ2) is 4.68. The summed E-state index contributed by atoms with van der Waals surface area (Å²) in [5.41, 5.74) is 2.89. The highest BCUT2D eigenvalue weighted by Gasteiger charge is 2.28. The number of hydrogen-bond acceptors (Lipinski definition) is 4. The Labute approximate surface area is 111 Å². The van der Waals surface area contributed by atoms with E-state index < -0.39 is 0 Å². The normalized spacial score (nSPS) is 18.1. The lowest BCUT2D eigenvalue weighted by atomic mass is 9.96. The Bertz CT molecular complexity index is 599. The number of fused-ring (bicyclic) bond motifs is 1. The summed E-state index contributed by atoms with van der Waals surface area (Å²) < 4.78 is 0. The number of aromatic nitrogens is 2. The number of anilines is 2. The standard InChI is InChI=1S/C14H14N4O/c1-18-13-5-3-2-4-11(13)12(6-14(18)19)17-10-7-15-9-16-8-10/h2-5,7-9,12,17H,6H2,1H3. The van der Waals surface area contributed by atoms with Gasteiger partial charge in [0.1, 0.15) is 6.33 Å². The molecule has 1 unspecified atom stereocenters. The second-order valence-corrected chi connectivity index (χ2v) is 4.54. The maximum atomic E-state index is 12.0. The molecular formula is C14H14N4O. The number of benzene rings is 1. The predicted octanol–water partition coefficient (Wildman–Crippen LogP) is 2.00. The van der Waals surface area contributed by atoms with Crippen molar-refractivity contribution in [2.75, 3.05) is 17.3 Å². The summed E-state index contributed by atoms with van der Waals surface area (Å²) in [6, 6.07) is 7.89. The summed E-state index contributed by atoms with van der Waals surface area (Å²) in [6.07, 6.45) is 5.33. The number of carbonyl (C=O) groups excluding carboxylic acids is 1. The first-order valence-electron chi connectivity index (χ1n) is 6.13. The molecule has 0 saturated heterocycles. The lowest BCUT2D eigenvalue weighted by Crippen LogP contribution is -2.35. The van der Waals surface area contributed by atoms with E-state index >= 15 is 0 Å². The number of nitrogens with zero attached hydrogens (tertiary/aromatic N) is 3. The fourth-order valence-electron chi connectivity index (χ4n) is 2.35. The molecule has 19 heavy (non-hydrogen) atoms. The van der Waals surface area contributed by atoms with E-state index in [1.165, 1.54) is 6.33 Å². The highest BCUT2D eigenvalue weighted by Crippen LogP contribution is 2.35. The van der Waals surface area contributed by atoms with Crippen LogP contribution in [0.15, 0.2) is 43.0 Å². The van der Waals surface area contributed by atoms with Gasteiger partial charge in [-0.2, -0.15) is 0 Å². The molecular weight excluding hydrogens is 240 g/mol. The van der Waals surface area contributed by atoms with Gasteiger partial charge in [0.2, 0.25) is 5.91 Å². The Kier molecular flexibility index (Phi) is 2.87. The van der Waals surface area contributed by atoms with Crippen molar-refractivity contribution in [2.45, 2.75) is 12.5 Å². The molecule has 1 N–H and O–H groups in total. The number of carbonyl (C=O) groups is 1. The molecule has 1 aliphatic heterocycles. The van der Waals surface area contributed by atoms with Crippen LogP contribution in [0.2, 0.25) is 0 Å². The first kappa shape index (κ1) is 11.6. The molecule has 2 aromatic rings. The minimum Gasteiger partial charge on any atom is -0.375 e. The Morgan fingerprint density at radius 1 is 1.26 bits per heavy atom. The Balaban J connectivity index is 1.95. The molecule has 5 heteroatoms. The number of nitrogens with one attached hydrogen (secondary N) is 1. The maximum absolute atomic E-state index is 12.0. The number of rotatable bonds is 2. The summed E-state index contributed by atoms with van der Waals surface area (Å²) in [7, 11) is 1.81. The Hall–Kier alpha value is -2.43. The topological polar surface area (TPSA) is 58.1 Å². The van der Waals surface area contributed by atoms with Crippen molar-refractivity contribution in [2.24, 2.45) is 0 Å². The molecule has 2 heterocycles. The quantitative estimate of drug-likeness (QED) is 0.890. The zero-order chi connectivity index (χ0) is 13.2. The number of amides is 1. The SMILES string of the molecule is CN1C(=O)CC(Nc2cncnc2)c2ccccc21. The number of para-hydroxylation sites is 1. The summed E-state index contributed by atoms with van der Waals surface area (Å²) in [6.45, 7) is 0. The van der Waals surface area contributed by atoms with Gasteiger partial charge in [0.05, 0.1) is 30.5 Å². The van der Waals surface area contributed by atoms with E-state index in [9.17, 15) is 4.79 Å². The van der Waals surface area contributed by atoms with Crippen molar-refractivity contribution in [3.8, 4) is 0 Å². The van der Waals surface area contributed by atoms with Gasteiger partial charge in [-0.3, -0.25) is 4.79 Å². The molecule has 0 saturated carbocycles. The monoisotopic (exact) mass is 254 g/mol. The van der Waals surface area contributed by atoms with Gasteiger partial charge in [-0.15, -0.1) is 0 Å². The highest BCUT2D eigenvalue weighted by molar-refractivity contribution is 5.96. The van der Waals surface area contributed by atoms with Crippen LogP contribution >= 0.6 is 0 Å². The lowest BCUT2D eigenvalue weighted by Gasteiger charge is -2.32. The third kappa shape index (κ3) is 2.14. The van der Waals surface area contributed by atoms with E-state index in [2.05, 4.69) is 15.3 Å². The average Bonchev–Trinajstić information content (AvgIpc) is 2.46. The van der Waals surface area contributed by atoms with Crippen molar-refractivity contribution < 1.29 is 4.79 Å². The summed E-state index contributed by atoms with van der Waals surface area (Å²) in [5.74, 6) is 0.105. The molecule has 1 aromatic carbocycles. The summed E-state index contributed by atoms with van der Waals surface area (Å²) in [4.78, 5) is 21.7. The van der Waals surface area contributed by atoms with Gasteiger partial charge in [-0.25, -0.2) is 9.97 Å². The van der Waals surface area contributed by atoms with Crippen LogP contribution in [0, 0.1) is 0 Å². The average molecular weight is 254 g/mol. The summed E-state index contributed by atoms with van der Waals surface area (Å²) >= 11 is 0. The molecule has 3 rings (SSSR count). The molecule has 0 fully saturated rings. The van der Waals surface area contributed by atoms with E-state index in [0.717, 1.165) is 16.9 Å². The van der Waals surface area contributed by atoms with Crippen LogP contribution in [-0.4, -0.2) is 22.9 Å². The van der Waals surface area contributed by atoms with E-state index in [-0.39, 0.29) is 11.9 Å². The first-order valence-corrected chi connectivity index (χ1v) is 6.13. The highest BCUT2D eigenvalue weighted by atomic mass is 16.2. The molecule has 1 atom stereocenters. The molecule has 1 aromatic heterocycles. The minimum atomic E-state index is -0.0362. The molecule has 0 bridgehead atoms. The lowest BCUT2D eigenvalue weighted by molar-refractivity contribution is -0.118. The summed E-state index contributed by atoms with van der Waals surface area (Å²) in [5, 5.41) is 3.32. The van der Waals surface area contributed by atoms with Crippen LogP contribution in [-0.2, 0) is 4.79 Å².